The number of para-hydroxylation sites is 2. The molecule has 0 spiro atoms. The van der Waals surface area contributed by atoms with E-state index in [-0.39, 0.29) is 23.5 Å². The maximum absolute atomic E-state index is 15.0. The van der Waals surface area contributed by atoms with Gasteiger partial charge in [0.2, 0.25) is 5.91 Å². The molecule has 1 saturated carbocycles. The van der Waals surface area contributed by atoms with Crippen LogP contribution in [-0.2, 0) is 9.59 Å². The highest BCUT2D eigenvalue weighted by Gasteiger charge is 2.48. The molecule has 0 bridgehead atoms. The smallest absolute Gasteiger partial charge is 0.227 e. The zero-order chi connectivity index (χ0) is 20.8. The van der Waals surface area contributed by atoms with Gasteiger partial charge in [0.1, 0.15) is 11.6 Å². The van der Waals surface area contributed by atoms with Crippen LogP contribution in [0.5, 0.6) is 0 Å². The third-order valence-corrected chi connectivity index (χ3v) is 5.81. The van der Waals surface area contributed by atoms with Crippen LogP contribution in [0.3, 0.4) is 0 Å². The Labute approximate surface area is 170 Å². The number of fused-ring (bicyclic) bond motifs is 2. The van der Waals surface area contributed by atoms with Gasteiger partial charge in [-0.1, -0.05) is 51.1 Å². The molecule has 2 atom stereocenters. The van der Waals surface area contributed by atoms with Gasteiger partial charge in [-0.25, -0.2) is 4.39 Å². The first-order valence-corrected chi connectivity index (χ1v) is 10.1. The second kappa shape index (κ2) is 7.21. The molecule has 1 fully saturated rings. The summed E-state index contributed by atoms with van der Waals surface area (Å²) in [6, 6.07) is 13.1. The van der Waals surface area contributed by atoms with Gasteiger partial charge >= 0.3 is 0 Å². The van der Waals surface area contributed by atoms with Gasteiger partial charge in [-0.15, -0.1) is 0 Å². The Balaban J connectivity index is 2.01. The quantitative estimate of drug-likeness (QED) is 0.687. The van der Waals surface area contributed by atoms with Crippen LogP contribution >= 0.6 is 0 Å². The molecule has 150 valence electrons. The van der Waals surface area contributed by atoms with Gasteiger partial charge in [-0.3, -0.25) is 14.6 Å². The Morgan fingerprint density at radius 1 is 1.14 bits per heavy atom. The summed E-state index contributed by atoms with van der Waals surface area (Å²) in [4.78, 5) is 32.9. The molecule has 0 aromatic heterocycles. The van der Waals surface area contributed by atoms with Crippen molar-refractivity contribution < 1.29 is 14.0 Å². The molecule has 0 saturated heterocycles. The standard InChI is InChI=1S/C24H25FN2O2/c1-4-21(29)27-19-12-8-7-11-17(19)26-18-13-24(2,3)14-20(28)22(18)23(27)15-9-5-6-10-16(15)25/h5-12,22-23H,4,13-14H2,1-3H3. The Hall–Kier alpha value is -2.82. The molecule has 1 heterocycles. The fourth-order valence-corrected chi connectivity index (χ4v) is 4.61. The number of hydrogen-bond donors (Lipinski definition) is 0. The van der Waals surface area contributed by atoms with Crippen molar-refractivity contribution >= 4 is 28.8 Å². The molecule has 4 nitrogen and oxygen atoms in total. The maximum Gasteiger partial charge on any atom is 0.227 e. The fraction of sp³-hybridized carbons (Fsp3) is 0.375. The van der Waals surface area contributed by atoms with E-state index < -0.39 is 17.8 Å². The molecule has 29 heavy (non-hydrogen) atoms. The molecule has 5 heteroatoms. The minimum atomic E-state index is -0.741. The van der Waals surface area contributed by atoms with Crippen LogP contribution in [-0.4, -0.2) is 17.4 Å². The molecule has 4 rings (SSSR count). The van der Waals surface area contributed by atoms with Crippen molar-refractivity contribution in [1.29, 1.82) is 0 Å². The van der Waals surface area contributed by atoms with Crippen LogP contribution in [0.4, 0.5) is 15.8 Å². The molecule has 2 aliphatic rings. The van der Waals surface area contributed by atoms with Crippen LogP contribution < -0.4 is 4.90 Å². The number of carbonyl (C=O) groups is 2. The zero-order valence-corrected chi connectivity index (χ0v) is 17.0. The zero-order valence-electron chi connectivity index (χ0n) is 17.0. The Bertz CT molecular complexity index is 1010. The van der Waals surface area contributed by atoms with Crippen molar-refractivity contribution in [2.45, 2.75) is 46.1 Å². The van der Waals surface area contributed by atoms with Crippen molar-refractivity contribution in [3.63, 3.8) is 0 Å². The summed E-state index contributed by atoms with van der Waals surface area (Å²) in [5, 5.41) is 0. The van der Waals surface area contributed by atoms with Crippen LogP contribution in [0.2, 0.25) is 0 Å². The lowest BCUT2D eigenvalue weighted by Gasteiger charge is -2.41. The van der Waals surface area contributed by atoms with Crippen LogP contribution in [0.25, 0.3) is 0 Å². The van der Waals surface area contributed by atoms with Crippen LogP contribution in [0.1, 0.15) is 51.6 Å². The summed E-state index contributed by atoms with van der Waals surface area (Å²) in [6.45, 7) is 5.88. The van der Waals surface area contributed by atoms with Crippen molar-refractivity contribution in [3.8, 4) is 0 Å². The number of hydrogen-bond acceptors (Lipinski definition) is 3. The molecule has 2 unspecified atom stereocenters. The Kier molecular flexibility index (Phi) is 4.85. The van der Waals surface area contributed by atoms with Gasteiger partial charge in [0.15, 0.2) is 0 Å². The topological polar surface area (TPSA) is 49.7 Å². The van der Waals surface area contributed by atoms with Crippen LogP contribution in [0, 0.1) is 17.2 Å². The van der Waals surface area contributed by atoms with Crippen LogP contribution in [0.15, 0.2) is 53.5 Å². The number of nitrogens with zero attached hydrogens (tertiary/aromatic N) is 2. The molecule has 1 aliphatic carbocycles. The predicted octanol–water partition coefficient (Wildman–Crippen LogP) is 5.40. The van der Waals surface area contributed by atoms with Crippen molar-refractivity contribution in [1.82, 2.24) is 0 Å². The monoisotopic (exact) mass is 392 g/mol. The number of benzene rings is 2. The van der Waals surface area contributed by atoms with Gasteiger partial charge < -0.3 is 4.90 Å². The minimum absolute atomic E-state index is 0.00922. The second-order valence-corrected chi connectivity index (χ2v) is 8.64. The van der Waals surface area contributed by atoms with Crippen molar-refractivity contribution in [3.05, 3.63) is 59.9 Å². The van der Waals surface area contributed by atoms with Gasteiger partial charge in [-0.2, -0.15) is 0 Å². The normalized spacial score (nSPS) is 23.0. The Morgan fingerprint density at radius 3 is 2.55 bits per heavy atom. The maximum atomic E-state index is 15.0. The molecule has 0 radical (unpaired) electrons. The van der Waals surface area contributed by atoms with E-state index in [1.165, 1.54) is 6.07 Å². The van der Waals surface area contributed by atoms with E-state index >= 15 is 0 Å². The van der Waals surface area contributed by atoms with E-state index in [0.717, 1.165) is 5.71 Å². The van der Waals surface area contributed by atoms with Gasteiger partial charge in [-0.05, 0) is 30.0 Å². The highest BCUT2D eigenvalue weighted by atomic mass is 19.1. The lowest BCUT2D eigenvalue weighted by Crippen LogP contribution is -2.47. The highest BCUT2D eigenvalue weighted by molar-refractivity contribution is 6.13. The number of rotatable bonds is 2. The predicted molar refractivity (Wildman–Crippen MR) is 112 cm³/mol. The molecular weight excluding hydrogens is 367 g/mol. The summed E-state index contributed by atoms with van der Waals surface area (Å²) < 4.78 is 15.0. The third-order valence-electron chi connectivity index (χ3n) is 5.81. The van der Waals surface area contributed by atoms with E-state index in [2.05, 4.69) is 0 Å². The van der Waals surface area contributed by atoms with E-state index in [4.69, 9.17) is 4.99 Å². The number of amides is 1. The summed E-state index contributed by atoms with van der Waals surface area (Å²) in [5.41, 5.74) is 2.15. The van der Waals surface area contributed by atoms with E-state index in [1.54, 1.807) is 30.0 Å². The number of halogens is 1. The number of ketones is 1. The SMILES string of the molecule is CCC(=O)N1c2ccccc2N=C2CC(C)(C)CC(=O)C2C1c1ccccc1F. The summed E-state index contributed by atoms with van der Waals surface area (Å²) in [5.74, 6) is -1.21. The second-order valence-electron chi connectivity index (χ2n) is 8.64. The first kappa shape index (κ1) is 19.5. The number of carbonyl (C=O) groups excluding carboxylic acids is 2. The molecule has 1 amide bonds. The lowest BCUT2D eigenvalue weighted by molar-refractivity contribution is -0.125. The van der Waals surface area contributed by atoms with Gasteiger partial charge in [0.05, 0.1) is 23.3 Å². The summed E-state index contributed by atoms with van der Waals surface area (Å²) in [6.07, 6.45) is 1.27. The minimum Gasteiger partial charge on any atom is -0.302 e. The average Bonchev–Trinajstić information content (AvgIpc) is 2.81. The first-order valence-electron chi connectivity index (χ1n) is 10.1. The molecule has 2 aromatic carbocycles. The largest absolute Gasteiger partial charge is 0.302 e. The van der Waals surface area contributed by atoms with E-state index in [9.17, 15) is 14.0 Å². The number of Topliss-reactive ketones (excluding diaryl/α,β-unsaturated/α-hetero) is 1. The van der Waals surface area contributed by atoms with E-state index in [1.807, 2.05) is 38.1 Å². The summed E-state index contributed by atoms with van der Waals surface area (Å²) in [7, 11) is 0. The summed E-state index contributed by atoms with van der Waals surface area (Å²) >= 11 is 0. The highest BCUT2D eigenvalue weighted by Crippen LogP contribution is 2.48. The van der Waals surface area contributed by atoms with Gasteiger partial charge in [0, 0.05) is 24.1 Å². The molecule has 1 aliphatic heterocycles. The Morgan fingerprint density at radius 2 is 1.83 bits per heavy atom. The average molecular weight is 392 g/mol. The fourth-order valence-electron chi connectivity index (χ4n) is 4.61. The lowest BCUT2D eigenvalue weighted by atomic mass is 9.68. The molecular formula is C24H25FN2O2. The van der Waals surface area contributed by atoms with Gasteiger partial charge in [0.25, 0.3) is 0 Å². The van der Waals surface area contributed by atoms with Crippen molar-refractivity contribution in [2.75, 3.05) is 4.90 Å². The molecule has 0 N–H and O–H groups in total. The number of aliphatic imine (C=N–C) groups is 1. The third kappa shape index (κ3) is 3.39. The molecule has 2 aromatic rings. The van der Waals surface area contributed by atoms with E-state index in [0.29, 0.717) is 29.8 Å². The van der Waals surface area contributed by atoms with Crippen molar-refractivity contribution in [2.24, 2.45) is 16.3 Å². The number of anilines is 1. The first-order chi connectivity index (χ1) is 13.8.